The van der Waals surface area contributed by atoms with E-state index in [2.05, 4.69) is 49.9 Å². The third-order valence-electron chi connectivity index (χ3n) is 6.88. The first-order chi connectivity index (χ1) is 14.5. The van der Waals surface area contributed by atoms with Gasteiger partial charge in [0.05, 0.1) is 0 Å². The predicted octanol–water partition coefficient (Wildman–Crippen LogP) is 5.11. The van der Waals surface area contributed by atoms with Crippen molar-refractivity contribution in [1.82, 2.24) is 4.90 Å². The zero-order valence-electron chi connectivity index (χ0n) is 18.7. The van der Waals surface area contributed by atoms with Crippen LogP contribution in [-0.2, 0) is 13.1 Å². The number of rotatable bonds is 7. The van der Waals surface area contributed by atoms with Crippen LogP contribution in [0.3, 0.4) is 0 Å². The summed E-state index contributed by atoms with van der Waals surface area (Å²) < 4.78 is 11.1. The van der Waals surface area contributed by atoms with Crippen molar-refractivity contribution < 1.29 is 9.47 Å². The third-order valence-corrected chi connectivity index (χ3v) is 6.88. The van der Waals surface area contributed by atoms with E-state index in [-0.39, 0.29) is 0 Å². The average molecular weight is 409 g/mol. The zero-order chi connectivity index (χ0) is 21.1. The quantitative estimate of drug-likeness (QED) is 0.692. The monoisotopic (exact) mass is 408 g/mol. The van der Waals surface area contributed by atoms with Gasteiger partial charge in [-0.05, 0) is 99.2 Å². The topological polar surface area (TPSA) is 47.7 Å². The van der Waals surface area contributed by atoms with Crippen LogP contribution in [0.15, 0.2) is 30.3 Å². The maximum absolute atomic E-state index is 5.91. The molecule has 2 aliphatic rings. The highest BCUT2D eigenvalue weighted by molar-refractivity contribution is 5.44. The van der Waals surface area contributed by atoms with Gasteiger partial charge in [-0.3, -0.25) is 4.90 Å². The number of ether oxygens (including phenoxy) is 2. The molecule has 0 amide bonds. The van der Waals surface area contributed by atoms with Gasteiger partial charge in [0.15, 0.2) is 11.5 Å². The van der Waals surface area contributed by atoms with Gasteiger partial charge >= 0.3 is 0 Å². The fourth-order valence-electron chi connectivity index (χ4n) is 5.18. The van der Waals surface area contributed by atoms with Gasteiger partial charge in [-0.15, -0.1) is 0 Å². The van der Waals surface area contributed by atoms with Crippen LogP contribution in [0.1, 0.15) is 53.5 Å². The Balaban J connectivity index is 1.52. The summed E-state index contributed by atoms with van der Waals surface area (Å²) in [5.74, 6) is 3.22. The molecule has 2 aromatic carbocycles. The molecule has 0 radical (unpaired) electrons. The van der Waals surface area contributed by atoms with Crippen molar-refractivity contribution in [2.24, 2.45) is 17.6 Å². The summed E-state index contributed by atoms with van der Waals surface area (Å²) in [6.07, 6.45) is 5.15. The van der Waals surface area contributed by atoms with Gasteiger partial charge < -0.3 is 15.2 Å². The van der Waals surface area contributed by atoms with Crippen molar-refractivity contribution in [3.05, 3.63) is 58.1 Å². The number of nitrogens with two attached hydrogens (primary N) is 1. The Hall–Kier alpha value is -2.04. The van der Waals surface area contributed by atoms with Crippen molar-refractivity contribution in [1.29, 1.82) is 0 Å². The molecule has 1 saturated carbocycles. The first kappa shape index (κ1) is 21.2. The number of nitrogens with zero attached hydrogens (tertiary/aromatic N) is 1. The van der Waals surface area contributed by atoms with E-state index >= 15 is 0 Å². The molecule has 0 saturated heterocycles. The highest BCUT2D eigenvalue weighted by atomic mass is 16.7. The lowest BCUT2D eigenvalue weighted by molar-refractivity contribution is 0.169. The van der Waals surface area contributed by atoms with E-state index in [9.17, 15) is 0 Å². The standard InChI is InChI=1S/C26H36N2O2/c1-18-10-19(2)24(20(3)11-18)16-28(14-22-6-4-21(13-27)5-7-22)15-23-8-9-25-26(12-23)30-17-29-25/h8-12,21-22H,4-7,13-17,27H2,1-3H3. The Morgan fingerprint density at radius 1 is 0.867 bits per heavy atom. The second-order valence-electron chi connectivity index (χ2n) is 9.36. The molecule has 1 aliphatic carbocycles. The normalized spacial score (nSPS) is 20.7. The smallest absolute Gasteiger partial charge is 0.231 e. The molecular formula is C26H36N2O2. The lowest BCUT2D eigenvalue weighted by Gasteiger charge is -2.33. The van der Waals surface area contributed by atoms with Gasteiger partial charge in [0.1, 0.15) is 0 Å². The van der Waals surface area contributed by atoms with E-state index in [4.69, 9.17) is 15.2 Å². The molecule has 0 spiro atoms. The molecule has 0 aromatic heterocycles. The summed E-state index contributed by atoms with van der Waals surface area (Å²) in [6.45, 7) is 10.9. The molecule has 4 nitrogen and oxygen atoms in total. The summed E-state index contributed by atoms with van der Waals surface area (Å²) in [6, 6.07) is 11.0. The van der Waals surface area contributed by atoms with E-state index < -0.39 is 0 Å². The first-order valence-electron chi connectivity index (χ1n) is 11.4. The number of benzene rings is 2. The highest BCUT2D eigenvalue weighted by Crippen LogP contribution is 2.34. The zero-order valence-corrected chi connectivity index (χ0v) is 18.7. The second kappa shape index (κ2) is 9.40. The summed E-state index contributed by atoms with van der Waals surface area (Å²) >= 11 is 0. The summed E-state index contributed by atoms with van der Waals surface area (Å²) in [7, 11) is 0. The van der Waals surface area contributed by atoms with E-state index in [1.54, 1.807) is 0 Å². The Morgan fingerprint density at radius 3 is 2.23 bits per heavy atom. The van der Waals surface area contributed by atoms with Crippen molar-refractivity contribution in [2.75, 3.05) is 19.9 Å². The number of hydrogen-bond donors (Lipinski definition) is 1. The molecule has 2 aromatic rings. The molecule has 162 valence electrons. The van der Waals surface area contributed by atoms with E-state index in [1.807, 2.05) is 6.07 Å². The number of hydrogen-bond acceptors (Lipinski definition) is 4. The van der Waals surface area contributed by atoms with E-state index in [0.29, 0.717) is 6.79 Å². The summed E-state index contributed by atoms with van der Waals surface area (Å²) in [4.78, 5) is 2.63. The molecule has 1 fully saturated rings. The van der Waals surface area contributed by atoms with Gasteiger partial charge in [-0.1, -0.05) is 23.8 Å². The first-order valence-corrected chi connectivity index (χ1v) is 11.4. The Morgan fingerprint density at radius 2 is 1.53 bits per heavy atom. The maximum atomic E-state index is 5.91. The summed E-state index contributed by atoms with van der Waals surface area (Å²) in [5.41, 5.74) is 12.8. The van der Waals surface area contributed by atoms with Crippen LogP contribution < -0.4 is 15.2 Å². The molecule has 0 atom stereocenters. The van der Waals surface area contributed by atoms with Gasteiger partial charge in [0.25, 0.3) is 0 Å². The molecule has 4 rings (SSSR count). The molecule has 1 heterocycles. The van der Waals surface area contributed by atoms with Crippen LogP contribution >= 0.6 is 0 Å². The minimum absolute atomic E-state index is 0.328. The number of fused-ring (bicyclic) bond motifs is 1. The lowest BCUT2D eigenvalue weighted by Crippen LogP contribution is -2.32. The Labute approximate surface area is 181 Å². The molecule has 0 bridgehead atoms. The highest BCUT2D eigenvalue weighted by Gasteiger charge is 2.23. The number of aryl methyl sites for hydroxylation is 3. The predicted molar refractivity (Wildman–Crippen MR) is 122 cm³/mol. The molecule has 2 N–H and O–H groups in total. The van der Waals surface area contributed by atoms with Crippen LogP contribution in [0.4, 0.5) is 0 Å². The molecule has 30 heavy (non-hydrogen) atoms. The van der Waals surface area contributed by atoms with Crippen LogP contribution in [0, 0.1) is 32.6 Å². The maximum Gasteiger partial charge on any atom is 0.231 e. The minimum Gasteiger partial charge on any atom is -0.454 e. The largest absolute Gasteiger partial charge is 0.454 e. The molecule has 0 unspecified atom stereocenters. The van der Waals surface area contributed by atoms with Crippen molar-refractivity contribution in [3.8, 4) is 11.5 Å². The average Bonchev–Trinajstić information content (AvgIpc) is 3.19. The fourth-order valence-corrected chi connectivity index (χ4v) is 5.18. The van der Waals surface area contributed by atoms with Crippen molar-refractivity contribution >= 4 is 0 Å². The minimum atomic E-state index is 0.328. The second-order valence-corrected chi connectivity index (χ2v) is 9.36. The Bertz CT molecular complexity index is 848. The third kappa shape index (κ3) is 4.98. The van der Waals surface area contributed by atoms with Crippen molar-refractivity contribution in [3.63, 3.8) is 0 Å². The lowest BCUT2D eigenvalue weighted by atomic mass is 9.81. The van der Waals surface area contributed by atoms with Crippen LogP contribution in [0.2, 0.25) is 0 Å². The SMILES string of the molecule is Cc1cc(C)c(CN(Cc2ccc3c(c2)OCO3)CC2CCC(CN)CC2)c(C)c1. The van der Waals surface area contributed by atoms with Crippen LogP contribution in [-0.4, -0.2) is 24.8 Å². The van der Waals surface area contributed by atoms with Crippen LogP contribution in [0.25, 0.3) is 0 Å². The molecule has 4 heteroatoms. The van der Waals surface area contributed by atoms with Gasteiger partial charge in [0.2, 0.25) is 6.79 Å². The van der Waals surface area contributed by atoms with Gasteiger partial charge in [-0.2, -0.15) is 0 Å². The van der Waals surface area contributed by atoms with Crippen molar-refractivity contribution in [2.45, 2.75) is 59.5 Å². The van der Waals surface area contributed by atoms with E-state index in [1.165, 1.54) is 53.5 Å². The molecule has 1 aliphatic heterocycles. The Kier molecular flexibility index (Phi) is 6.64. The van der Waals surface area contributed by atoms with Gasteiger partial charge in [-0.25, -0.2) is 0 Å². The van der Waals surface area contributed by atoms with Gasteiger partial charge in [0, 0.05) is 19.6 Å². The fraction of sp³-hybridized carbons (Fsp3) is 0.538. The summed E-state index contributed by atoms with van der Waals surface area (Å²) in [5, 5.41) is 0. The van der Waals surface area contributed by atoms with E-state index in [0.717, 1.165) is 49.5 Å². The van der Waals surface area contributed by atoms with Crippen LogP contribution in [0.5, 0.6) is 11.5 Å². The molecular weight excluding hydrogens is 372 g/mol.